The van der Waals surface area contributed by atoms with Gasteiger partial charge >= 0.3 is 6.03 Å². The molecule has 0 fully saturated rings. The highest BCUT2D eigenvalue weighted by Gasteiger charge is 2.29. The lowest BCUT2D eigenvalue weighted by Crippen LogP contribution is -2.50. The minimum Gasteiger partial charge on any atom is -0.495 e. The average molecular weight is 440 g/mol. The van der Waals surface area contributed by atoms with E-state index in [-0.39, 0.29) is 25.0 Å². The minimum absolute atomic E-state index is 0.115. The summed E-state index contributed by atoms with van der Waals surface area (Å²) in [4.78, 5) is 24.8. The third-order valence-corrected chi connectivity index (χ3v) is 5.18. The van der Waals surface area contributed by atoms with Crippen LogP contribution in [-0.2, 0) is 9.53 Å². The molecule has 4 N–H and O–H groups in total. The smallest absolute Gasteiger partial charge is 0.319 e. The van der Waals surface area contributed by atoms with Gasteiger partial charge in [0.1, 0.15) is 11.9 Å². The first-order valence-electron chi connectivity index (χ1n) is 10.5. The van der Waals surface area contributed by atoms with Crippen LogP contribution in [0.5, 0.6) is 5.75 Å². The Morgan fingerprint density at radius 3 is 2.53 bits per heavy atom. The van der Waals surface area contributed by atoms with Crippen molar-refractivity contribution in [3.63, 3.8) is 0 Å². The van der Waals surface area contributed by atoms with Crippen LogP contribution in [0.3, 0.4) is 0 Å². The van der Waals surface area contributed by atoms with Crippen LogP contribution >= 0.6 is 0 Å². The summed E-state index contributed by atoms with van der Waals surface area (Å²) in [6.07, 6.45) is 2.42. The fourth-order valence-electron chi connectivity index (χ4n) is 3.50. The number of hydrogen-bond acceptors (Lipinski definition) is 5. The molecule has 0 aliphatic carbocycles. The molecular weight excluding hydrogens is 410 g/mol. The molecule has 0 aromatic heterocycles. The minimum atomic E-state index is -0.673. The molecule has 32 heavy (non-hydrogen) atoms. The topological polar surface area (TPSA) is 109 Å². The molecule has 4 atom stereocenters. The number of aliphatic hydroxyl groups is 1. The Kier molecular flexibility index (Phi) is 8.24. The SMILES string of the molecule is COc1ccccc1NC(=O)N[C@H]1C=C[C@H](CC(=O)N[C@H](C)c2ccccc2)O[C@@H]1CO. The van der Waals surface area contributed by atoms with Crippen LogP contribution in [0.1, 0.15) is 24.9 Å². The van der Waals surface area contributed by atoms with E-state index in [1.807, 2.05) is 37.3 Å². The third-order valence-electron chi connectivity index (χ3n) is 5.18. The van der Waals surface area contributed by atoms with E-state index in [1.165, 1.54) is 7.11 Å². The van der Waals surface area contributed by atoms with Crippen molar-refractivity contribution >= 4 is 17.6 Å². The Morgan fingerprint density at radius 1 is 1.09 bits per heavy atom. The lowest BCUT2D eigenvalue weighted by atomic mass is 10.0. The van der Waals surface area contributed by atoms with Gasteiger partial charge in [-0.15, -0.1) is 0 Å². The van der Waals surface area contributed by atoms with Gasteiger partial charge in [0, 0.05) is 0 Å². The molecule has 1 aliphatic heterocycles. The Morgan fingerprint density at radius 2 is 1.81 bits per heavy atom. The van der Waals surface area contributed by atoms with Crippen LogP contribution in [0.4, 0.5) is 10.5 Å². The summed E-state index contributed by atoms with van der Waals surface area (Å²) >= 11 is 0. The van der Waals surface area contributed by atoms with Crippen LogP contribution < -0.4 is 20.7 Å². The zero-order valence-corrected chi connectivity index (χ0v) is 18.2. The first-order valence-corrected chi connectivity index (χ1v) is 10.5. The number of carbonyl (C=O) groups is 2. The summed E-state index contributed by atoms with van der Waals surface area (Å²) in [7, 11) is 1.52. The summed E-state index contributed by atoms with van der Waals surface area (Å²) in [5.74, 6) is 0.376. The fraction of sp³-hybridized carbons (Fsp3) is 0.333. The number of amides is 3. The lowest BCUT2D eigenvalue weighted by Gasteiger charge is -2.32. The number of para-hydroxylation sites is 2. The maximum absolute atomic E-state index is 12.4. The molecule has 8 heteroatoms. The van der Waals surface area contributed by atoms with Gasteiger partial charge in [-0.1, -0.05) is 54.6 Å². The van der Waals surface area contributed by atoms with Gasteiger partial charge in [-0.25, -0.2) is 4.79 Å². The van der Waals surface area contributed by atoms with Crippen LogP contribution in [-0.4, -0.2) is 49.0 Å². The molecule has 3 rings (SSSR count). The molecule has 0 saturated carbocycles. The van der Waals surface area contributed by atoms with Gasteiger partial charge in [0.15, 0.2) is 0 Å². The lowest BCUT2D eigenvalue weighted by molar-refractivity contribution is -0.125. The molecule has 0 radical (unpaired) electrons. The molecule has 3 amide bonds. The summed E-state index contributed by atoms with van der Waals surface area (Å²) in [5.41, 5.74) is 1.54. The van der Waals surface area contributed by atoms with E-state index in [9.17, 15) is 14.7 Å². The molecule has 2 aromatic carbocycles. The van der Waals surface area contributed by atoms with Crippen LogP contribution in [0.2, 0.25) is 0 Å². The number of anilines is 1. The molecule has 0 unspecified atom stereocenters. The molecule has 2 aromatic rings. The molecule has 0 saturated heterocycles. The van der Waals surface area contributed by atoms with Crippen molar-refractivity contribution in [1.29, 1.82) is 0 Å². The normalized spacial score (nSPS) is 20.8. The van der Waals surface area contributed by atoms with Gasteiger partial charge in [-0.05, 0) is 24.6 Å². The Balaban J connectivity index is 1.53. The first-order chi connectivity index (χ1) is 15.5. The van der Waals surface area contributed by atoms with E-state index in [0.717, 1.165) is 5.56 Å². The molecule has 0 spiro atoms. The number of rotatable bonds is 8. The summed E-state index contributed by atoms with van der Waals surface area (Å²) in [6, 6.07) is 15.6. The van der Waals surface area contributed by atoms with E-state index >= 15 is 0 Å². The van der Waals surface area contributed by atoms with Crippen molar-refractivity contribution in [3.05, 3.63) is 72.3 Å². The van der Waals surface area contributed by atoms with Crippen LogP contribution in [0, 0.1) is 0 Å². The van der Waals surface area contributed by atoms with E-state index in [2.05, 4.69) is 16.0 Å². The van der Waals surface area contributed by atoms with Crippen molar-refractivity contribution in [2.24, 2.45) is 0 Å². The maximum atomic E-state index is 12.4. The zero-order valence-electron chi connectivity index (χ0n) is 18.2. The average Bonchev–Trinajstić information content (AvgIpc) is 2.80. The number of nitrogens with one attached hydrogen (secondary N) is 3. The number of methoxy groups -OCH3 is 1. The van der Waals surface area contributed by atoms with Crippen LogP contribution in [0.25, 0.3) is 0 Å². The molecule has 1 aliphatic rings. The highest BCUT2D eigenvalue weighted by Crippen LogP contribution is 2.23. The number of hydrogen-bond donors (Lipinski definition) is 4. The standard InChI is InChI=1S/C24H29N3O5/c1-16(17-8-4-3-5-9-17)25-23(29)14-18-12-13-20(22(15-28)32-18)27-24(30)26-19-10-6-7-11-21(19)31-2/h3-13,16,18,20,22,28H,14-15H2,1-2H3,(H,25,29)(H2,26,27,30)/t16-,18-,20+,22-/m1/s1. The van der Waals surface area contributed by atoms with Crippen molar-refractivity contribution in [2.45, 2.75) is 37.6 Å². The van der Waals surface area contributed by atoms with Crippen molar-refractivity contribution < 1.29 is 24.2 Å². The largest absolute Gasteiger partial charge is 0.495 e. The Bertz CT molecular complexity index is 934. The van der Waals surface area contributed by atoms with E-state index in [0.29, 0.717) is 11.4 Å². The molecule has 1 heterocycles. The van der Waals surface area contributed by atoms with Gasteiger partial charge < -0.3 is 30.5 Å². The van der Waals surface area contributed by atoms with Gasteiger partial charge in [-0.3, -0.25) is 4.79 Å². The fourth-order valence-corrected chi connectivity index (χ4v) is 3.50. The van der Waals surface area contributed by atoms with Gasteiger partial charge in [-0.2, -0.15) is 0 Å². The van der Waals surface area contributed by atoms with Crippen LogP contribution in [0.15, 0.2) is 66.7 Å². The summed E-state index contributed by atoms with van der Waals surface area (Å²) in [6.45, 7) is 1.62. The van der Waals surface area contributed by atoms with E-state index < -0.39 is 24.3 Å². The van der Waals surface area contributed by atoms with E-state index in [1.54, 1.807) is 36.4 Å². The number of ether oxygens (including phenoxy) is 2. The quantitative estimate of drug-likeness (QED) is 0.473. The summed E-state index contributed by atoms with van der Waals surface area (Å²) < 4.78 is 11.1. The third kappa shape index (κ3) is 6.32. The van der Waals surface area contributed by atoms with Crippen molar-refractivity contribution in [1.82, 2.24) is 10.6 Å². The summed E-state index contributed by atoms with van der Waals surface area (Å²) in [5, 5.41) is 18.2. The predicted octanol–water partition coefficient (Wildman–Crippen LogP) is 2.77. The Labute approximate surface area is 187 Å². The molecule has 0 bridgehead atoms. The van der Waals surface area contributed by atoms with Gasteiger partial charge in [0.2, 0.25) is 5.91 Å². The Hall–Kier alpha value is -3.36. The molecule has 170 valence electrons. The second-order valence-electron chi connectivity index (χ2n) is 7.51. The van der Waals surface area contributed by atoms with Gasteiger partial charge in [0.05, 0.1) is 44.0 Å². The maximum Gasteiger partial charge on any atom is 0.319 e. The van der Waals surface area contributed by atoms with Gasteiger partial charge in [0.25, 0.3) is 0 Å². The first kappa shape index (κ1) is 23.3. The number of carbonyl (C=O) groups excluding carboxylic acids is 2. The second kappa shape index (κ2) is 11.3. The highest BCUT2D eigenvalue weighted by atomic mass is 16.5. The number of urea groups is 1. The highest BCUT2D eigenvalue weighted by molar-refractivity contribution is 5.91. The zero-order chi connectivity index (χ0) is 22.9. The monoisotopic (exact) mass is 439 g/mol. The number of aliphatic hydroxyl groups excluding tert-OH is 1. The molecule has 8 nitrogen and oxygen atoms in total. The second-order valence-corrected chi connectivity index (χ2v) is 7.51. The van der Waals surface area contributed by atoms with E-state index in [4.69, 9.17) is 9.47 Å². The predicted molar refractivity (Wildman–Crippen MR) is 121 cm³/mol. The number of benzene rings is 2. The molecular formula is C24H29N3O5. The van der Waals surface area contributed by atoms with Crippen molar-refractivity contribution in [2.75, 3.05) is 19.0 Å². The van der Waals surface area contributed by atoms with Crippen molar-refractivity contribution in [3.8, 4) is 5.75 Å².